The molecule has 6 nitrogen and oxygen atoms in total. The minimum atomic E-state index is -3.65. The van der Waals surface area contributed by atoms with E-state index in [-0.39, 0.29) is 10.8 Å². The number of sulfonamides is 1. The maximum atomic E-state index is 12.5. The van der Waals surface area contributed by atoms with Gasteiger partial charge in [0.1, 0.15) is 0 Å². The second-order valence-electron chi connectivity index (χ2n) is 7.11. The summed E-state index contributed by atoms with van der Waals surface area (Å²) >= 11 is 0. The third-order valence-electron chi connectivity index (χ3n) is 4.92. The molecule has 1 aliphatic heterocycles. The molecular weight excluding hydrogens is 374 g/mol. The summed E-state index contributed by atoms with van der Waals surface area (Å²) in [5, 5.41) is 2.94. The molecule has 28 heavy (non-hydrogen) atoms. The molecule has 150 valence electrons. The van der Waals surface area contributed by atoms with Crippen LogP contribution in [0.2, 0.25) is 0 Å². The van der Waals surface area contributed by atoms with Crippen molar-refractivity contribution in [3.05, 3.63) is 59.7 Å². The molecule has 0 atom stereocenters. The Labute approximate surface area is 167 Å². The molecule has 0 aliphatic carbocycles. The largest absolute Gasteiger partial charge is 0.352 e. The van der Waals surface area contributed by atoms with Gasteiger partial charge in [-0.1, -0.05) is 18.2 Å². The summed E-state index contributed by atoms with van der Waals surface area (Å²) in [5.41, 5.74) is 1.69. The van der Waals surface area contributed by atoms with Crippen LogP contribution >= 0.6 is 0 Å². The van der Waals surface area contributed by atoms with Crippen LogP contribution in [0.4, 0.5) is 5.69 Å². The summed E-state index contributed by atoms with van der Waals surface area (Å²) in [6.07, 6.45) is 3.47. The van der Waals surface area contributed by atoms with Crippen molar-refractivity contribution in [1.82, 2.24) is 10.2 Å². The molecule has 2 N–H and O–H groups in total. The second-order valence-corrected chi connectivity index (χ2v) is 8.79. The molecule has 2 aromatic rings. The fourth-order valence-electron chi connectivity index (χ4n) is 3.34. The van der Waals surface area contributed by atoms with Crippen LogP contribution in [0.15, 0.2) is 53.4 Å². The Morgan fingerprint density at radius 3 is 2.46 bits per heavy atom. The van der Waals surface area contributed by atoms with Crippen molar-refractivity contribution in [3.8, 4) is 0 Å². The molecule has 2 aromatic carbocycles. The highest BCUT2D eigenvalue weighted by molar-refractivity contribution is 7.92. The summed E-state index contributed by atoms with van der Waals surface area (Å²) < 4.78 is 27.5. The van der Waals surface area contributed by atoms with Crippen LogP contribution in [0.3, 0.4) is 0 Å². The highest BCUT2D eigenvalue weighted by Gasteiger charge is 2.16. The van der Waals surface area contributed by atoms with Crippen LogP contribution in [0.1, 0.15) is 35.2 Å². The van der Waals surface area contributed by atoms with E-state index >= 15 is 0 Å². The molecule has 7 heteroatoms. The lowest BCUT2D eigenvalue weighted by atomic mass is 10.1. The minimum absolute atomic E-state index is 0.137. The predicted molar refractivity (Wildman–Crippen MR) is 111 cm³/mol. The van der Waals surface area contributed by atoms with Gasteiger partial charge in [0.2, 0.25) is 0 Å². The van der Waals surface area contributed by atoms with Crippen LogP contribution in [0.25, 0.3) is 0 Å². The molecule has 1 aliphatic rings. The van der Waals surface area contributed by atoms with Gasteiger partial charge in [-0.05, 0) is 81.7 Å². The number of aryl methyl sites for hydroxylation is 1. The van der Waals surface area contributed by atoms with Gasteiger partial charge in [0, 0.05) is 12.1 Å². The number of likely N-dealkylation sites (tertiary alicyclic amines) is 1. The van der Waals surface area contributed by atoms with Crippen LogP contribution in [0, 0.1) is 6.92 Å². The molecule has 1 fully saturated rings. The third kappa shape index (κ3) is 5.33. The van der Waals surface area contributed by atoms with Crippen molar-refractivity contribution in [3.63, 3.8) is 0 Å². The van der Waals surface area contributed by atoms with Crippen molar-refractivity contribution >= 4 is 21.6 Å². The van der Waals surface area contributed by atoms with E-state index in [1.165, 1.54) is 12.8 Å². The molecule has 0 spiro atoms. The molecular formula is C21H27N3O3S. The lowest BCUT2D eigenvalue weighted by molar-refractivity contribution is 0.0952. The van der Waals surface area contributed by atoms with Crippen molar-refractivity contribution in [1.29, 1.82) is 0 Å². The molecule has 0 bridgehead atoms. The zero-order valence-corrected chi connectivity index (χ0v) is 17.0. The van der Waals surface area contributed by atoms with Crippen LogP contribution in [-0.4, -0.2) is 45.4 Å². The van der Waals surface area contributed by atoms with E-state index in [2.05, 4.69) is 14.9 Å². The predicted octanol–water partition coefficient (Wildman–Crippen LogP) is 3.01. The number of rotatable bonds is 8. The first kappa shape index (κ1) is 20.4. The number of carbonyl (C=O) groups is 1. The Kier molecular flexibility index (Phi) is 6.70. The van der Waals surface area contributed by atoms with Crippen molar-refractivity contribution in [2.45, 2.75) is 31.1 Å². The summed E-state index contributed by atoms with van der Waals surface area (Å²) in [6, 6.07) is 13.2. The minimum Gasteiger partial charge on any atom is -0.352 e. The Morgan fingerprint density at radius 2 is 1.79 bits per heavy atom. The first-order valence-electron chi connectivity index (χ1n) is 9.65. The molecule has 1 amide bonds. The average molecular weight is 402 g/mol. The Morgan fingerprint density at radius 1 is 1.07 bits per heavy atom. The van der Waals surface area contributed by atoms with Gasteiger partial charge in [-0.15, -0.1) is 0 Å². The van der Waals surface area contributed by atoms with Gasteiger partial charge in [0.15, 0.2) is 0 Å². The molecule has 3 rings (SSSR count). The monoisotopic (exact) mass is 401 g/mol. The van der Waals surface area contributed by atoms with E-state index < -0.39 is 10.0 Å². The molecule has 1 saturated heterocycles. The molecule has 0 saturated carbocycles. The quantitative estimate of drug-likeness (QED) is 0.667. The van der Waals surface area contributed by atoms with Gasteiger partial charge in [0.05, 0.1) is 10.6 Å². The normalized spacial score (nSPS) is 14.8. The van der Waals surface area contributed by atoms with Gasteiger partial charge in [0.25, 0.3) is 15.9 Å². The van der Waals surface area contributed by atoms with E-state index in [0.717, 1.165) is 26.1 Å². The number of nitrogens with zero attached hydrogens (tertiary/aromatic N) is 1. The Balaban J connectivity index is 1.56. The molecule has 1 heterocycles. The lowest BCUT2D eigenvalue weighted by Gasteiger charge is -2.15. The summed E-state index contributed by atoms with van der Waals surface area (Å²) in [4.78, 5) is 15.0. The van der Waals surface area contributed by atoms with Gasteiger partial charge in [-0.25, -0.2) is 8.42 Å². The molecule has 0 unspecified atom stereocenters. The van der Waals surface area contributed by atoms with Crippen LogP contribution < -0.4 is 10.0 Å². The zero-order chi connectivity index (χ0) is 20.0. The van der Waals surface area contributed by atoms with Gasteiger partial charge in [-0.3, -0.25) is 9.52 Å². The smallest absolute Gasteiger partial charge is 0.261 e. The van der Waals surface area contributed by atoms with Crippen LogP contribution in [-0.2, 0) is 10.0 Å². The average Bonchev–Trinajstić information content (AvgIpc) is 3.21. The van der Waals surface area contributed by atoms with Gasteiger partial charge < -0.3 is 10.2 Å². The van der Waals surface area contributed by atoms with Crippen molar-refractivity contribution in [2.75, 3.05) is 30.9 Å². The number of hydrogen-bond donors (Lipinski definition) is 2. The first-order chi connectivity index (χ1) is 13.5. The highest BCUT2D eigenvalue weighted by Crippen LogP contribution is 2.21. The maximum absolute atomic E-state index is 12.5. The first-order valence-corrected chi connectivity index (χ1v) is 11.1. The number of hydrogen-bond acceptors (Lipinski definition) is 4. The fraction of sp³-hybridized carbons (Fsp3) is 0.381. The number of benzene rings is 2. The third-order valence-corrected chi connectivity index (χ3v) is 6.30. The van der Waals surface area contributed by atoms with Gasteiger partial charge in [-0.2, -0.15) is 0 Å². The summed E-state index contributed by atoms with van der Waals surface area (Å²) in [5.74, 6) is -0.137. The topological polar surface area (TPSA) is 78.5 Å². The second kappa shape index (κ2) is 9.21. The van der Waals surface area contributed by atoms with Crippen molar-refractivity contribution in [2.24, 2.45) is 0 Å². The van der Waals surface area contributed by atoms with Crippen LogP contribution in [0.5, 0.6) is 0 Å². The number of nitrogens with one attached hydrogen (secondary N) is 2. The van der Waals surface area contributed by atoms with E-state index in [1.807, 2.05) is 0 Å². The summed E-state index contributed by atoms with van der Waals surface area (Å²) in [6.45, 7) is 5.75. The number of anilines is 1. The van der Waals surface area contributed by atoms with E-state index in [4.69, 9.17) is 0 Å². The Hall–Kier alpha value is -2.38. The maximum Gasteiger partial charge on any atom is 0.261 e. The summed E-state index contributed by atoms with van der Waals surface area (Å²) in [7, 11) is -3.65. The number of amides is 1. The standard InChI is InChI=1S/C21H27N3O3S/c1-17-16-18(21(25)22-12-7-15-24-13-5-6-14-24)10-11-20(17)23-28(26,27)19-8-3-2-4-9-19/h2-4,8-11,16,23H,5-7,12-15H2,1H3,(H,22,25). The van der Waals surface area contributed by atoms with E-state index in [1.54, 1.807) is 55.5 Å². The SMILES string of the molecule is Cc1cc(C(=O)NCCCN2CCCC2)ccc1NS(=O)(=O)c1ccccc1. The molecule has 0 radical (unpaired) electrons. The van der Waals surface area contributed by atoms with E-state index in [9.17, 15) is 13.2 Å². The fourth-order valence-corrected chi connectivity index (χ4v) is 4.49. The molecule has 0 aromatic heterocycles. The number of carbonyl (C=O) groups excluding carboxylic acids is 1. The lowest BCUT2D eigenvalue weighted by Crippen LogP contribution is -2.28. The van der Waals surface area contributed by atoms with Crippen molar-refractivity contribution < 1.29 is 13.2 Å². The Bertz CT molecular complexity index is 908. The van der Waals surface area contributed by atoms with E-state index in [0.29, 0.717) is 23.4 Å². The zero-order valence-electron chi connectivity index (χ0n) is 16.1. The highest BCUT2D eigenvalue weighted by atomic mass is 32.2. The van der Waals surface area contributed by atoms with Gasteiger partial charge >= 0.3 is 0 Å².